The van der Waals surface area contributed by atoms with Crippen molar-refractivity contribution in [3.8, 4) is 0 Å². The molecule has 1 rings (SSSR count). The summed E-state index contributed by atoms with van der Waals surface area (Å²) in [7, 11) is 0. The van der Waals surface area contributed by atoms with E-state index in [1.165, 1.54) is 4.90 Å². The monoisotopic (exact) mass is 242 g/mol. The summed E-state index contributed by atoms with van der Waals surface area (Å²) in [6, 6.07) is 0. The molecule has 1 heterocycles. The van der Waals surface area contributed by atoms with Crippen LogP contribution in [0.2, 0.25) is 0 Å². The van der Waals surface area contributed by atoms with Gasteiger partial charge in [-0.25, -0.2) is 0 Å². The number of amides is 1. The van der Waals surface area contributed by atoms with Gasteiger partial charge in [0.05, 0.1) is 5.92 Å². The third-order valence-corrected chi connectivity index (χ3v) is 3.20. The summed E-state index contributed by atoms with van der Waals surface area (Å²) in [5.74, 6) is -0.862. The van der Waals surface area contributed by atoms with Gasteiger partial charge in [0.1, 0.15) is 6.54 Å². The molecule has 1 saturated heterocycles. The van der Waals surface area contributed by atoms with E-state index in [1.54, 1.807) is 0 Å². The molecule has 0 aromatic carbocycles. The van der Waals surface area contributed by atoms with E-state index >= 15 is 0 Å². The van der Waals surface area contributed by atoms with Crippen molar-refractivity contribution in [2.75, 3.05) is 19.6 Å². The Morgan fingerprint density at radius 2 is 1.94 bits per heavy atom. The van der Waals surface area contributed by atoms with Gasteiger partial charge in [0.25, 0.3) is 0 Å². The zero-order valence-corrected chi connectivity index (χ0v) is 11.0. The molecule has 0 radical (unpaired) electrons. The lowest BCUT2D eigenvalue weighted by molar-refractivity contribution is -0.150. The molecule has 0 aliphatic carbocycles. The summed E-state index contributed by atoms with van der Waals surface area (Å²) >= 11 is 0. The molecule has 0 spiro atoms. The first-order valence-electron chi connectivity index (χ1n) is 5.97. The number of carboxylic acids is 1. The fourth-order valence-corrected chi connectivity index (χ4v) is 2.12. The van der Waals surface area contributed by atoms with E-state index in [0.29, 0.717) is 6.54 Å². The van der Waals surface area contributed by atoms with Crippen molar-refractivity contribution in [1.29, 1.82) is 0 Å². The van der Waals surface area contributed by atoms with Gasteiger partial charge in [0.15, 0.2) is 0 Å². The first kappa shape index (κ1) is 14.0. The van der Waals surface area contributed by atoms with Crippen LogP contribution in [0.1, 0.15) is 27.7 Å². The molecule has 1 aliphatic heterocycles. The van der Waals surface area contributed by atoms with Crippen LogP contribution in [0.4, 0.5) is 0 Å². The maximum absolute atomic E-state index is 12.4. The average Bonchev–Trinajstić information content (AvgIpc) is 2.58. The van der Waals surface area contributed by atoms with E-state index in [9.17, 15) is 9.59 Å². The molecular weight excluding hydrogens is 220 g/mol. The second-order valence-corrected chi connectivity index (χ2v) is 5.73. The van der Waals surface area contributed by atoms with Gasteiger partial charge in [-0.1, -0.05) is 6.92 Å². The van der Waals surface area contributed by atoms with Crippen LogP contribution in [0.25, 0.3) is 0 Å². The summed E-state index contributed by atoms with van der Waals surface area (Å²) < 4.78 is 0. The number of aliphatic carboxylic acids is 1. The number of rotatable bonds is 3. The fourth-order valence-electron chi connectivity index (χ4n) is 2.12. The third-order valence-electron chi connectivity index (χ3n) is 3.20. The highest BCUT2D eigenvalue weighted by Gasteiger charge is 2.37. The molecule has 1 amide bonds. The first-order valence-corrected chi connectivity index (χ1v) is 5.97. The highest BCUT2D eigenvalue weighted by atomic mass is 16.4. The number of hydrogen-bond donors (Lipinski definition) is 2. The third kappa shape index (κ3) is 3.43. The Hall–Kier alpha value is -1.10. The highest BCUT2D eigenvalue weighted by molar-refractivity contribution is 5.84. The Bertz CT molecular complexity index is 309. The minimum absolute atomic E-state index is 0.0580. The molecule has 0 saturated carbocycles. The van der Waals surface area contributed by atoms with Gasteiger partial charge in [-0.3, -0.25) is 9.59 Å². The number of carbonyl (C=O) groups is 2. The van der Waals surface area contributed by atoms with Gasteiger partial charge in [-0.2, -0.15) is 0 Å². The molecule has 5 nitrogen and oxygen atoms in total. The smallest absolute Gasteiger partial charge is 0.323 e. The van der Waals surface area contributed by atoms with Crippen LogP contribution in [-0.2, 0) is 9.59 Å². The van der Waals surface area contributed by atoms with E-state index in [1.807, 2.05) is 27.7 Å². The van der Waals surface area contributed by atoms with Gasteiger partial charge in [0, 0.05) is 12.1 Å². The first-order chi connectivity index (χ1) is 7.73. The second kappa shape index (κ2) is 5.04. The lowest BCUT2D eigenvalue weighted by atomic mass is 9.94. The predicted molar refractivity (Wildman–Crippen MR) is 64.6 cm³/mol. The van der Waals surface area contributed by atoms with Crippen molar-refractivity contribution in [3.05, 3.63) is 0 Å². The maximum atomic E-state index is 12.4. The van der Waals surface area contributed by atoms with E-state index in [-0.39, 0.29) is 24.3 Å². The van der Waals surface area contributed by atoms with Gasteiger partial charge in [0.2, 0.25) is 5.91 Å². The summed E-state index contributed by atoms with van der Waals surface area (Å²) in [4.78, 5) is 24.7. The highest BCUT2D eigenvalue weighted by Crippen LogP contribution is 2.23. The van der Waals surface area contributed by atoms with Gasteiger partial charge >= 0.3 is 5.97 Å². The van der Waals surface area contributed by atoms with Gasteiger partial charge < -0.3 is 15.3 Å². The Balaban J connectivity index is 2.83. The second-order valence-electron chi connectivity index (χ2n) is 5.73. The van der Waals surface area contributed by atoms with Crippen LogP contribution < -0.4 is 5.32 Å². The molecule has 17 heavy (non-hydrogen) atoms. The van der Waals surface area contributed by atoms with Gasteiger partial charge in [-0.15, -0.1) is 0 Å². The predicted octanol–water partition coefficient (Wildman–Crippen LogP) is 0.554. The van der Waals surface area contributed by atoms with E-state index in [4.69, 9.17) is 5.11 Å². The van der Waals surface area contributed by atoms with Crippen molar-refractivity contribution in [1.82, 2.24) is 10.2 Å². The van der Waals surface area contributed by atoms with E-state index in [0.717, 1.165) is 6.54 Å². The van der Waals surface area contributed by atoms with Crippen LogP contribution in [0.3, 0.4) is 0 Å². The number of nitrogens with one attached hydrogen (secondary N) is 1. The summed E-state index contributed by atoms with van der Waals surface area (Å²) in [6.45, 7) is 8.84. The Morgan fingerprint density at radius 3 is 2.29 bits per heavy atom. The minimum atomic E-state index is -0.966. The summed E-state index contributed by atoms with van der Waals surface area (Å²) in [5.41, 5.74) is -0.461. The zero-order chi connectivity index (χ0) is 13.2. The molecule has 0 aromatic rings. The van der Waals surface area contributed by atoms with Crippen molar-refractivity contribution in [3.63, 3.8) is 0 Å². The minimum Gasteiger partial charge on any atom is -0.480 e. The molecule has 2 atom stereocenters. The zero-order valence-electron chi connectivity index (χ0n) is 11.0. The Kier molecular flexibility index (Phi) is 4.14. The molecule has 2 N–H and O–H groups in total. The van der Waals surface area contributed by atoms with Crippen LogP contribution in [0.5, 0.6) is 0 Å². The Labute approximate surface area is 102 Å². The summed E-state index contributed by atoms with van der Waals surface area (Å²) in [5, 5.41) is 12.1. The maximum Gasteiger partial charge on any atom is 0.323 e. The van der Waals surface area contributed by atoms with E-state index < -0.39 is 11.5 Å². The molecule has 0 bridgehead atoms. The van der Waals surface area contributed by atoms with Crippen molar-refractivity contribution in [2.24, 2.45) is 11.8 Å². The largest absolute Gasteiger partial charge is 0.480 e. The standard InChI is InChI=1S/C12H22N2O3/c1-8-5-13-6-9(8)11(17)14(7-10(15)16)12(2,3)4/h8-9,13H,5-7H2,1-4H3,(H,15,16). The Morgan fingerprint density at radius 1 is 1.35 bits per heavy atom. The molecule has 2 unspecified atom stereocenters. The molecule has 5 heteroatoms. The number of nitrogens with zero attached hydrogens (tertiary/aromatic N) is 1. The topological polar surface area (TPSA) is 69.6 Å². The lowest BCUT2D eigenvalue weighted by Crippen LogP contribution is -2.51. The van der Waals surface area contributed by atoms with Crippen molar-refractivity contribution in [2.45, 2.75) is 33.2 Å². The SMILES string of the molecule is CC1CNCC1C(=O)N(CC(=O)O)C(C)(C)C. The molecule has 98 valence electrons. The normalized spacial score (nSPS) is 24.7. The van der Waals surface area contributed by atoms with Crippen LogP contribution in [0, 0.1) is 11.8 Å². The fraction of sp³-hybridized carbons (Fsp3) is 0.833. The lowest BCUT2D eigenvalue weighted by Gasteiger charge is -2.36. The van der Waals surface area contributed by atoms with Crippen LogP contribution in [-0.4, -0.2) is 47.1 Å². The van der Waals surface area contributed by atoms with Gasteiger partial charge in [-0.05, 0) is 33.2 Å². The molecule has 1 fully saturated rings. The van der Waals surface area contributed by atoms with Crippen molar-refractivity contribution >= 4 is 11.9 Å². The van der Waals surface area contributed by atoms with Crippen molar-refractivity contribution < 1.29 is 14.7 Å². The molecular formula is C12H22N2O3. The summed E-state index contributed by atoms with van der Waals surface area (Å²) in [6.07, 6.45) is 0. The number of carboxylic acid groups (broad SMARTS) is 1. The quantitative estimate of drug-likeness (QED) is 0.758. The average molecular weight is 242 g/mol. The molecule has 0 aromatic heterocycles. The van der Waals surface area contributed by atoms with E-state index in [2.05, 4.69) is 5.32 Å². The number of hydrogen-bond acceptors (Lipinski definition) is 3. The van der Waals surface area contributed by atoms with Crippen LogP contribution >= 0.6 is 0 Å². The number of carbonyl (C=O) groups excluding carboxylic acids is 1. The molecule has 1 aliphatic rings. The van der Waals surface area contributed by atoms with Crippen LogP contribution in [0.15, 0.2) is 0 Å².